The Balaban J connectivity index is 1.34. The zero-order valence-electron chi connectivity index (χ0n) is 28.8. The molecule has 0 saturated heterocycles. The molecule has 14 nitrogen and oxygen atoms in total. The van der Waals surface area contributed by atoms with Gasteiger partial charge in [-0.3, -0.25) is 4.79 Å². The molecule has 0 radical (unpaired) electrons. The third-order valence-electron chi connectivity index (χ3n) is 8.22. The fraction of sp³-hybridized carbons (Fsp3) is 0.432. The third-order valence-corrected chi connectivity index (χ3v) is 8.45. The number of methoxy groups -OCH3 is 1. The van der Waals surface area contributed by atoms with Gasteiger partial charge in [0.25, 0.3) is 5.09 Å². The average molecular weight is 745 g/mol. The number of allylic oxidation sites excluding steroid dienone is 2. The smallest absolute Gasteiger partial charge is 0.330 e. The summed E-state index contributed by atoms with van der Waals surface area (Å²) in [5, 5.41) is 43.8. The minimum atomic E-state index is -0.991. The highest BCUT2D eigenvalue weighted by Crippen LogP contribution is 2.36. The van der Waals surface area contributed by atoms with Crippen molar-refractivity contribution < 1.29 is 53.8 Å². The molecule has 0 spiro atoms. The average Bonchev–Trinajstić information content (AvgIpc) is 3.38. The summed E-state index contributed by atoms with van der Waals surface area (Å²) in [6.07, 6.45) is 11.0. The number of rotatable bonds is 21. The van der Waals surface area contributed by atoms with Crippen molar-refractivity contribution in [2.45, 2.75) is 63.3 Å². The van der Waals surface area contributed by atoms with E-state index >= 15 is 0 Å². The topological polar surface area (TPSA) is 204 Å². The number of halogens is 1. The second kappa shape index (κ2) is 22.2. The molecule has 1 fully saturated rings. The number of amides is 1. The van der Waals surface area contributed by atoms with E-state index in [-0.39, 0.29) is 61.8 Å². The minimum Gasteiger partial charge on any atom is -0.493 e. The number of nitrogens with one attached hydrogen (secondary N) is 1. The van der Waals surface area contributed by atoms with Crippen LogP contribution in [0.5, 0.6) is 11.5 Å². The van der Waals surface area contributed by atoms with Crippen LogP contribution in [0.1, 0.15) is 49.7 Å². The maximum absolute atomic E-state index is 12.4. The van der Waals surface area contributed by atoms with Gasteiger partial charge in [0, 0.05) is 29.9 Å². The molecule has 3 rings (SSSR count). The normalized spacial score (nSPS) is 19.2. The molecule has 0 unspecified atom stereocenters. The summed E-state index contributed by atoms with van der Waals surface area (Å²) in [5.41, 5.74) is 1.54. The summed E-state index contributed by atoms with van der Waals surface area (Å²) in [6.45, 7) is -1.05. The zero-order chi connectivity index (χ0) is 37.9. The van der Waals surface area contributed by atoms with Crippen LogP contribution in [0.3, 0.4) is 0 Å². The molecule has 0 aliphatic heterocycles. The van der Waals surface area contributed by atoms with Gasteiger partial charge in [0.05, 0.1) is 25.4 Å². The zero-order valence-corrected chi connectivity index (χ0v) is 29.6. The molecule has 0 bridgehead atoms. The molecule has 0 heterocycles. The number of hydrogen-bond donors (Lipinski definition) is 4. The van der Waals surface area contributed by atoms with Crippen LogP contribution in [0.4, 0.5) is 0 Å². The number of unbranched alkanes of at least 4 members (excludes halogenated alkanes) is 1. The Bertz CT molecular complexity index is 1580. The van der Waals surface area contributed by atoms with E-state index in [4.69, 9.17) is 25.8 Å². The van der Waals surface area contributed by atoms with Crippen molar-refractivity contribution in [3.8, 4) is 11.5 Å². The van der Waals surface area contributed by atoms with Crippen LogP contribution >= 0.6 is 11.6 Å². The van der Waals surface area contributed by atoms with Crippen molar-refractivity contribution >= 4 is 35.5 Å². The van der Waals surface area contributed by atoms with Crippen LogP contribution in [0.2, 0.25) is 5.02 Å². The van der Waals surface area contributed by atoms with Gasteiger partial charge in [0.2, 0.25) is 5.91 Å². The molecule has 1 aliphatic carbocycles. The molecule has 1 amide bonds. The van der Waals surface area contributed by atoms with E-state index < -0.39 is 35.3 Å². The highest BCUT2D eigenvalue weighted by atomic mass is 35.5. The van der Waals surface area contributed by atoms with Crippen molar-refractivity contribution in [3.05, 3.63) is 99.1 Å². The van der Waals surface area contributed by atoms with Crippen LogP contribution in [0.15, 0.2) is 72.8 Å². The predicted octanol–water partition coefficient (Wildman–Crippen LogP) is 4.16. The van der Waals surface area contributed by atoms with Crippen molar-refractivity contribution in [1.82, 2.24) is 5.32 Å². The Hall–Kier alpha value is -4.76. The molecule has 2 aromatic rings. The van der Waals surface area contributed by atoms with Crippen molar-refractivity contribution in [2.24, 2.45) is 11.8 Å². The molecule has 1 saturated carbocycles. The first-order valence-electron chi connectivity index (χ1n) is 16.8. The molecular formula is C37H45ClN2O12. The number of aliphatic hydroxyl groups excluding tert-OH is 3. The van der Waals surface area contributed by atoms with Gasteiger partial charge < -0.3 is 39.7 Å². The van der Waals surface area contributed by atoms with E-state index in [9.17, 15) is 39.8 Å². The fourth-order valence-electron chi connectivity index (χ4n) is 5.57. The fourth-order valence-corrected chi connectivity index (χ4v) is 5.79. The lowest BCUT2D eigenvalue weighted by Gasteiger charge is -2.19. The number of carbonyl (C=O) groups excluding carboxylic acids is 3. The Morgan fingerprint density at radius 3 is 2.65 bits per heavy atom. The summed E-state index contributed by atoms with van der Waals surface area (Å²) in [7, 11) is 1.37. The summed E-state index contributed by atoms with van der Waals surface area (Å²) in [6, 6.07) is 12.0. The summed E-state index contributed by atoms with van der Waals surface area (Å²) in [4.78, 5) is 50.6. The first kappa shape index (κ1) is 41.7. The first-order chi connectivity index (χ1) is 24.9. The first-order valence-corrected chi connectivity index (χ1v) is 17.2. The summed E-state index contributed by atoms with van der Waals surface area (Å²) < 4.78 is 15.3. The van der Waals surface area contributed by atoms with Crippen molar-refractivity contribution in [3.63, 3.8) is 0 Å². The molecule has 52 heavy (non-hydrogen) atoms. The van der Waals surface area contributed by atoms with Crippen LogP contribution in [-0.2, 0) is 30.4 Å². The molecule has 15 heteroatoms. The number of aryl methyl sites for hydroxylation is 1. The van der Waals surface area contributed by atoms with Gasteiger partial charge in [-0.15, -0.1) is 10.1 Å². The number of hydrogen-bond acceptors (Lipinski definition) is 12. The highest BCUT2D eigenvalue weighted by molar-refractivity contribution is 6.30. The van der Waals surface area contributed by atoms with E-state index in [0.717, 1.165) is 11.6 Å². The second-order valence-electron chi connectivity index (χ2n) is 12.1. The van der Waals surface area contributed by atoms with E-state index in [2.05, 4.69) is 10.2 Å². The van der Waals surface area contributed by atoms with Gasteiger partial charge in [0.1, 0.15) is 19.8 Å². The molecule has 4 N–H and O–H groups in total. The maximum Gasteiger partial charge on any atom is 0.330 e. The van der Waals surface area contributed by atoms with Crippen LogP contribution in [0.25, 0.3) is 6.08 Å². The number of aliphatic hydroxyl groups is 3. The second-order valence-corrected chi connectivity index (χ2v) is 12.5. The van der Waals surface area contributed by atoms with E-state index in [1.54, 1.807) is 24.3 Å². The lowest BCUT2D eigenvalue weighted by Crippen LogP contribution is -2.31. The predicted molar refractivity (Wildman–Crippen MR) is 191 cm³/mol. The Kier molecular flexibility index (Phi) is 17.8. The largest absolute Gasteiger partial charge is 0.493 e. The minimum absolute atomic E-state index is 0.103. The van der Waals surface area contributed by atoms with Crippen molar-refractivity contribution in [2.75, 3.05) is 26.9 Å². The van der Waals surface area contributed by atoms with Gasteiger partial charge in [-0.05, 0) is 79.5 Å². The van der Waals surface area contributed by atoms with Gasteiger partial charge in [-0.1, -0.05) is 54.1 Å². The van der Waals surface area contributed by atoms with Gasteiger partial charge >= 0.3 is 11.9 Å². The van der Waals surface area contributed by atoms with Crippen LogP contribution in [0, 0.1) is 22.0 Å². The molecule has 0 aromatic heterocycles. The maximum atomic E-state index is 12.4. The lowest BCUT2D eigenvalue weighted by atomic mass is 9.89. The standard InChI is InChI=1S/C37H45ClN2O12/c1-49-34-22-26(13-18-36(45)50-19-20-51-40(47)48)12-17-33(34)52-37(46)24-39-35(44)10-5-3-2-4-9-29-30(32(43)23-31(29)42)16-15-28(41)14-11-25-7-6-8-27(38)21-25/h2,4,6-8,12-13,15-18,21-22,28-32,41-43H,3,5,9-11,14,19-20,23-24H2,1H3,(H,39,44)/b4-2-,16-15+,18-13+/t28-,29+,30+,31-,32+/m0/s1. The van der Waals surface area contributed by atoms with E-state index in [0.29, 0.717) is 42.7 Å². The molecule has 5 atom stereocenters. The third kappa shape index (κ3) is 15.2. The monoisotopic (exact) mass is 744 g/mol. The SMILES string of the molecule is COc1cc(/C=C/C(=O)OCCO[N+](=O)[O-])ccc1OC(=O)CNC(=O)CCC/C=C\C[C@@H]1[C@@H](/C=C/[C@@H](O)CCc2cccc(Cl)c2)[C@H](O)C[C@@H]1O. The van der Waals surface area contributed by atoms with E-state index in [1.165, 1.54) is 25.3 Å². The number of nitrogens with zero attached hydrogens (tertiary/aromatic N) is 1. The van der Waals surface area contributed by atoms with Crippen molar-refractivity contribution in [1.29, 1.82) is 0 Å². The van der Waals surface area contributed by atoms with E-state index in [1.807, 2.05) is 30.4 Å². The Labute approximate surface area is 306 Å². The summed E-state index contributed by atoms with van der Waals surface area (Å²) >= 11 is 6.03. The lowest BCUT2D eigenvalue weighted by molar-refractivity contribution is -0.757. The molecule has 282 valence electrons. The van der Waals surface area contributed by atoms with Crippen LogP contribution < -0.4 is 14.8 Å². The van der Waals surface area contributed by atoms with Gasteiger partial charge in [-0.25, -0.2) is 9.59 Å². The number of ether oxygens (including phenoxy) is 3. The molecule has 2 aromatic carbocycles. The Morgan fingerprint density at radius 1 is 1.10 bits per heavy atom. The number of carbonyl (C=O) groups is 3. The van der Waals surface area contributed by atoms with Gasteiger partial charge in [-0.2, -0.15) is 0 Å². The quantitative estimate of drug-likeness (QED) is 0.0271. The molecular weight excluding hydrogens is 700 g/mol. The number of esters is 2. The summed E-state index contributed by atoms with van der Waals surface area (Å²) in [5.74, 6) is -1.99. The number of benzene rings is 2. The van der Waals surface area contributed by atoms with Gasteiger partial charge in [0.15, 0.2) is 11.5 Å². The van der Waals surface area contributed by atoms with Crippen LogP contribution in [-0.4, -0.2) is 83.4 Å². The Morgan fingerprint density at radius 2 is 1.90 bits per heavy atom. The highest BCUT2D eigenvalue weighted by Gasteiger charge is 2.39. The molecule has 1 aliphatic rings.